The molecule has 3 N–H and O–H groups in total. The summed E-state index contributed by atoms with van der Waals surface area (Å²) in [4.78, 5) is 4.67. The van der Waals surface area contributed by atoms with Crippen LogP contribution in [0.5, 0.6) is 0 Å². The summed E-state index contributed by atoms with van der Waals surface area (Å²) >= 11 is 0. The van der Waals surface area contributed by atoms with Gasteiger partial charge < -0.3 is 10.2 Å². The molecule has 3 heteroatoms. The topological polar surface area (TPSA) is 47.3 Å². The average Bonchev–Trinajstić information content (AvgIpc) is 2.40. The van der Waals surface area contributed by atoms with Gasteiger partial charge in [0.05, 0.1) is 6.10 Å². The molecule has 2 atom stereocenters. The van der Waals surface area contributed by atoms with Crippen molar-refractivity contribution in [1.82, 2.24) is 5.32 Å². The Labute approximate surface area is 61.9 Å². The van der Waals surface area contributed by atoms with E-state index >= 15 is 0 Å². The van der Waals surface area contributed by atoms with Crippen LogP contribution in [0.3, 0.4) is 0 Å². The Morgan fingerprint density at radius 2 is 2.60 bits per heavy atom. The minimum absolute atomic E-state index is 0.190. The minimum Gasteiger partial charge on any atom is -0.314 e. The van der Waals surface area contributed by atoms with Gasteiger partial charge in [0.25, 0.3) is 0 Å². The number of hydrogen-bond donors (Lipinski definition) is 2. The van der Waals surface area contributed by atoms with Crippen LogP contribution in [0, 0.1) is 0 Å². The highest BCUT2D eigenvalue weighted by molar-refractivity contribution is 4.75. The quantitative estimate of drug-likeness (QED) is 0.564. The number of nitrogens with two attached hydrogens (primary N) is 1. The Hall–Kier alpha value is -0.120. The van der Waals surface area contributed by atoms with Crippen molar-refractivity contribution in [2.75, 3.05) is 6.54 Å². The number of rotatable bonds is 3. The molecule has 60 valence electrons. The standard InChI is InChI=1S/C7H16N2O/c1-6(10-8)5-7-3-2-4-9-7/h6-7,9H,2-5,8H2,1H3. The first kappa shape index (κ1) is 7.98. The van der Waals surface area contributed by atoms with E-state index in [0.29, 0.717) is 6.04 Å². The molecule has 0 amide bonds. The van der Waals surface area contributed by atoms with E-state index in [1.165, 1.54) is 12.8 Å². The Kier molecular flexibility index (Phi) is 3.12. The van der Waals surface area contributed by atoms with Crippen molar-refractivity contribution < 1.29 is 4.84 Å². The van der Waals surface area contributed by atoms with Crippen molar-refractivity contribution in [3.8, 4) is 0 Å². The largest absolute Gasteiger partial charge is 0.314 e. The molecule has 0 aliphatic carbocycles. The maximum atomic E-state index is 5.02. The molecule has 1 fully saturated rings. The van der Waals surface area contributed by atoms with Crippen LogP contribution in [0.25, 0.3) is 0 Å². The second-order valence-electron chi connectivity index (χ2n) is 2.98. The summed E-state index contributed by atoms with van der Waals surface area (Å²) in [5, 5.41) is 3.39. The molecule has 1 aliphatic rings. The smallest absolute Gasteiger partial charge is 0.0774 e. The molecule has 0 aromatic heterocycles. The summed E-state index contributed by atoms with van der Waals surface area (Å²) in [6.07, 6.45) is 3.79. The van der Waals surface area contributed by atoms with Crippen molar-refractivity contribution in [2.24, 2.45) is 5.90 Å². The zero-order valence-electron chi connectivity index (χ0n) is 6.47. The van der Waals surface area contributed by atoms with Gasteiger partial charge in [0.1, 0.15) is 0 Å². The highest BCUT2D eigenvalue weighted by Crippen LogP contribution is 2.11. The summed E-state index contributed by atoms with van der Waals surface area (Å²) in [5.74, 6) is 5.02. The summed E-state index contributed by atoms with van der Waals surface area (Å²) < 4.78 is 0. The lowest BCUT2D eigenvalue weighted by Gasteiger charge is -2.13. The average molecular weight is 144 g/mol. The summed E-state index contributed by atoms with van der Waals surface area (Å²) in [5.41, 5.74) is 0. The van der Waals surface area contributed by atoms with Gasteiger partial charge in [-0.2, -0.15) is 0 Å². The highest BCUT2D eigenvalue weighted by atomic mass is 16.6. The van der Waals surface area contributed by atoms with Crippen LogP contribution < -0.4 is 11.2 Å². The summed E-state index contributed by atoms with van der Waals surface area (Å²) in [6.45, 7) is 3.15. The van der Waals surface area contributed by atoms with E-state index < -0.39 is 0 Å². The van der Waals surface area contributed by atoms with Crippen LogP contribution in [0.4, 0.5) is 0 Å². The zero-order valence-corrected chi connectivity index (χ0v) is 6.47. The van der Waals surface area contributed by atoms with Crippen LogP contribution in [0.15, 0.2) is 0 Å². The first-order valence-electron chi connectivity index (χ1n) is 3.92. The van der Waals surface area contributed by atoms with Gasteiger partial charge in [-0.15, -0.1) is 0 Å². The lowest BCUT2D eigenvalue weighted by atomic mass is 10.1. The second-order valence-corrected chi connectivity index (χ2v) is 2.98. The lowest BCUT2D eigenvalue weighted by molar-refractivity contribution is 0.0545. The molecular weight excluding hydrogens is 128 g/mol. The molecule has 1 saturated heterocycles. The van der Waals surface area contributed by atoms with Gasteiger partial charge in [0.15, 0.2) is 0 Å². The van der Waals surface area contributed by atoms with Crippen LogP contribution >= 0.6 is 0 Å². The van der Waals surface area contributed by atoms with Gasteiger partial charge >= 0.3 is 0 Å². The van der Waals surface area contributed by atoms with E-state index in [9.17, 15) is 0 Å². The van der Waals surface area contributed by atoms with Gasteiger partial charge in [0.2, 0.25) is 0 Å². The van der Waals surface area contributed by atoms with Gasteiger partial charge in [-0.25, -0.2) is 5.90 Å². The second kappa shape index (κ2) is 3.91. The Morgan fingerprint density at radius 3 is 3.10 bits per heavy atom. The normalized spacial score (nSPS) is 28.8. The molecule has 0 aromatic rings. The van der Waals surface area contributed by atoms with Gasteiger partial charge in [-0.3, -0.25) is 0 Å². The van der Waals surface area contributed by atoms with Crippen LogP contribution in [0.1, 0.15) is 26.2 Å². The van der Waals surface area contributed by atoms with Crippen molar-refractivity contribution in [2.45, 2.75) is 38.3 Å². The van der Waals surface area contributed by atoms with E-state index in [4.69, 9.17) is 5.90 Å². The third-order valence-electron chi connectivity index (χ3n) is 2.01. The fourth-order valence-electron chi connectivity index (χ4n) is 1.41. The molecular formula is C7H16N2O. The molecule has 1 rings (SSSR count). The maximum absolute atomic E-state index is 5.02. The van der Waals surface area contributed by atoms with Gasteiger partial charge in [-0.1, -0.05) is 0 Å². The monoisotopic (exact) mass is 144 g/mol. The first-order valence-corrected chi connectivity index (χ1v) is 3.92. The molecule has 0 bridgehead atoms. The molecule has 0 aromatic carbocycles. The van der Waals surface area contributed by atoms with Gasteiger partial charge in [0, 0.05) is 6.04 Å². The Bertz CT molecular complexity index is 91.6. The number of hydrogen-bond acceptors (Lipinski definition) is 3. The Morgan fingerprint density at radius 1 is 1.80 bits per heavy atom. The minimum atomic E-state index is 0.190. The molecule has 10 heavy (non-hydrogen) atoms. The summed E-state index contributed by atoms with van der Waals surface area (Å²) in [6, 6.07) is 0.638. The fraction of sp³-hybridized carbons (Fsp3) is 1.00. The van der Waals surface area contributed by atoms with E-state index in [2.05, 4.69) is 10.2 Å². The van der Waals surface area contributed by atoms with E-state index in [1.807, 2.05) is 6.92 Å². The van der Waals surface area contributed by atoms with Crippen molar-refractivity contribution in [3.63, 3.8) is 0 Å². The van der Waals surface area contributed by atoms with Gasteiger partial charge in [-0.05, 0) is 32.7 Å². The fourth-order valence-corrected chi connectivity index (χ4v) is 1.41. The molecule has 1 heterocycles. The molecule has 2 unspecified atom stereocenters. The molecule has 3 nitrogen and oxygen atoms in total. The third kappa shape index (κ3) is 2.25. The number of nitrogens with one attached hydrogen (secondary N) is 1. The molecule has 0 spiro atoms. The highest BCUT2D eigenvalue weighted by Gasteiger charge is 2.16. The zero-order chi connectivity index (χ0) is 7.40. The predicted molar refractivity (Wildman–Crippen MR) is 40.4 cm³/mol. The van der Waals surface area contributed by atoms with Crippen molar-refractivity contribution in [1.29, 1.82) is 0 Å². The van der Waals surface area contributed by atoms with E-state index in [1.54, 1.807) is 0 Å². The maximum Gasteiger partial charge on any atom is 0.0774 e. The van der Waals surface area contributed by atoms with Crippen LogP contribution in [-0.2, 0) is 4.84 Å². The predicted octanol–water partition coefficient (Wildman–Crippen LogP) is 0.407. The lowest BCUT2D eigenvalue weighted by Crippen LogP contribution is -2.27. The molecule has 0 radical (unpaired) electrons. The van der Waals surface area contributed by atoms with Crippen LogP contribution in [0.2, 0.25) is 0 Å². The Balaban J connectivity index is 2.11. The summed E-state index contributed by atoms with van der Waals surface area (Å²) in [7, 11) is 0. The van der Waals surface area contributed by atoms with E-state index in [0.717, 1.165) is 13.0 Å². The first-order chi connectivity index (χ1) is 4.83. The SMILES string of the molecule is CC(CC1CCCN1)ON. The van der Waals surface area contributed by atoms with Crippen molar-refractivity contribution in [3.05, 3.63) is 0 Å². The molecule has 1 aliphatic heterocycles. The molecule has 0 saturated carbocycles. The third-order valence-corrected chi connectivity index (χ3v) is 2.01. The van der Waals surface area contributed by atoms with Crippen molar-refractivity contribution >= 4 is 0 Å². The van der Waals surface area contributed by atoms with E-state index in [-0.39, 0.29) is 6.10 Å². The van der Waals surface area contributed by atoms with Crippen LogP contribution in [-0.4, -0.2) is 18.7 Å².